The monoisotopic (exact) mass is 296 g/mol. The fraction of sp³-hybridized carbons (Fsp3) is 0.364. The summed E-state index contributed by atoms with van der Waals surface area (Å²) in [4.78, 5) is 0. The van der Waals surface area contributed by atoms with E-state index in [0.29, 0.717) is 5.56 Å². The second-order valence-electron chi connectivity index (χ2n) is 3.68. The molecule has 0 saturated carbocycles. The SMILES string of the molecule is CCCn1ncc(Br)c1C(O)c1ccnnc1. The predicted molar refractivity (Wildman–Crippen MR) is 66.3 cm³/mol. The Morgan fingerprint density at radius 3 is 2.88 bits per heavy atom. The van der Waals surface area contributed by atoms with Gasteiger partial charge in [-0.2, -0.15) is 15.3 Å². The molecular formula is C11H13BrN4O. The molecule has 0 aliphatic heterocycles. The van der Waals surface area contributed by atoms with Gasteiger partial charge in [-0.3, -0.25) is 4.68 Å². The van der Waals surface area contributed by atoms with Crippen molar-refractivity contribution in [2.45, 2.75) is 26.0 Å². The Bertz CT molecular complexity index is 485. The summed E-state index contributed by atoms with van der Waals surface area (Å²) in [5.74, 6) is 0. The van der Waals surface area contributed by atoms with Crippen molar-refractivity contribution in [1.29, 1.82) is 0 Å². The van der Waals surface area contributed by atoms with Crippen molar-refractivity contribution >= 4 is 15.9 Å². The van der Waals surface area contributed by atoms with Crippen LogP contribution >= 0.6 is 15.9 Å². The van der Waals surface area contributed by atoms with Crippen LogP contribution in [0, 0.1) is 0 Å². The molecule has 0 saturated heterocycles. The molecule has 0 spiro atoms. The van der Waals surface area contributed by atoms with Gasteiger partial charge in [0.1, 0.15) is 6.10 Å². The Labute approximate surface area is 108 Å². The fourth-order valence-corrected chi connectivity index (χ4v) is 2.17. The summed E-state index contributed by atoms with van der Waals surface area (Å²) in [5, 5.41) is 22.0. The zero-order valence-corrected chi connectivity index (χ0v) is 11.0. The fourth-order valence-electron chi connectivity index (χ4n) is 1.65. The van der Waals surface area contributed by atoms with Crippen LogP contribution in [0.25, 0.3) is 0 Å². The van der Waals surface area contributed by atoms with Gasteiger partial charge in [0.25, 0.3) is 0 Å². The summed E-state index contributed by atoms with van der Waals surface area (Å²) in [6, 6.07) is 1.74. The molecule has 0 amide bonds. The van der Waals surface area contributed by atoms with Gasteiger partial charge in [-0.05, 0) is 28.4 Å². The van der Waals surface area contributed by atoms with Crippen molar-refractivity contribution in [3.63, 3.8) is 0 Å². The number of aliphatic hydroxyl groups is 1. The zero-order chi connectivity index (χ0) is 12.3. The third-order valence-corrected chi connectivity index (χ3v) is 3.06. The molecule has 0 aliphatic carbocycles. The second-order valence-corrected chi connectivity index (χ2v) is 4.53. The maximum Gasteiger partial charge on any atom is 0.123 e. The highest BCUT2D eigenvalue weighted by Gasteiger charge is 2.19. The Kier molecular flexibility index (Phi) is 3.86. The molecule has 1 unspecified atom stereocenters. The van der Waals surface area contributed by atoms with Crippen LogP contribution in [-0.2, 0) is 6.54 Å². The van der Waals surface area contributed by atoms with Crippen LogP contribution in [0.1, 0.15) is 30.7 Å². The van der Waals surface area contributed by atoms with Crippen LogP contribution in [0.3, 0.4) is 0 Å². The molecule has 0 radical (unpaired) electrons. The molecule has 6 heteroatoms. The first kappa shape index (κ1) is 12.2. The van der Waals surface area contributed by atoms with Gasteiger partial charge in [0.15, 0.2) is 0 Å². The largest absolute Gasteiger partial charge is 0.382 e. The molecule has 0 bridgehead atoms. The molecule has 5 nitrogen and oxygen atoms in total. The summed E-state index contributed by atoms with van der Waals surface area (Å²) >= 11 is 3.41. The molecule has 90 valence electrons. The number of aliphatic hydroxyl groups excluding tert-OH is 1. The highest BCUT2D eigenvalue weighted by molar-refractivity contribution is 9.10. The Morgan fingerprint density at radius 1 is 1.41 bits per heavy atom. The topological polar surface area (TPSA) is 63.8 Å². The minimum absolute atomic E-state index is 0.707. The van der Waals surface area contributed by atoms with Gasteiger partial charge in [-0.15, -0.1) is 0 Å². The van der Waals surface area contributed by atoms with Gasteiger partial charge in [0.05, 0.1) is 22.6 Å². The predicted octanol–water partition coefficient (Wildman–Crippen LogP) is 1.93. The first-order valence-corrected chi connectivity index (χ1v) is 6.19. The first-order chi connectivity index (χ1) is 8.24. The highest BCUT2D eigenvalue weighted by atomic mass is 79.9. The van der Waals surface area contributed by atoms with E-state index in [1.807, 2.05) is 0 Å². The van der Waals surface area contributed by atoms with Crippen LogP contribution in [-0.4, -0.2) is 25.1 Å². The number of hydrogen-bond donors (Lipinski definition) is 1. The molecule has 2 aromatic rings. The van der Waals surface area contributed by atoms with Crippen molar-refractivity contribution in [2.75, 3.05) is 0 Å². The number of aryl methyl sites for hydroxylation is 1. The van der Waals surface area contributed by atoms with Gasteiger partial charge < -0.3 is 5.11 Å². The zero-order valence-electron chi connectivity index (χ0n) is 9.41. The lowest BCUT2D eigenvalue weighted by atomic mass is 10.1. The van der Waals surface area contributed by atoms with E-state index in [0.717, 1.165) is 23.1 Å². The normalized spacial score (nSPS) is 12.6. The number of nitrogens with zero attached hydrogens (tertiary/aromatic N) is 4. The Hall–Kier alpha value is -1.27. The number of halogens is 1. The number of rotatable bonds is 4. The van der Waals surface area contributed by atoms with Gasteiger partial charge in [0, 0.05) is 18.3 Å². The van der Waals surface area contributed by atoms with Crippen molar-refractivity contribution in [3.8, 4) is 0 Å². The quantitative estimate of drug-likeness (QED) is 0.936. The van der Waals surface area contributed by atoms with Crippen LogP contribution in [0.4, 0.5) is 0 Å². The lowest BCUT2D eigenvalue weighted by Gasteiger charge is -2.13. The van der Waals surface area contributed by atoms with Gasteiger partial charge in [-0.25, -0.2) is 0 Å². The molecule has 2 heterocycles. The lowest BCUT2D eigenvalue weighted by Crippen LogP contribution is -2.11. The molecule has 2 aromatic heterocycles. The molecule has 1 N–H and O–H groups in total. The van der Waals surface area contributed by atoms with Crippen LogP contribution in [0.5, 0.6) is 0 Å². The van der Waals surface area contributed by atoms with E-state index in [1.165, 1.54) is 0 Å². The van der Waals surface area contributed by atoms with Gasteiger partial charge in [0.2, 0.25) is 0 Å². The van der Waals surface area contributed by atoms with E-state index in [4.69, 9.17) is 0 Å². The Balaban J connectivity index is 2.36. The molecule has 0 aromatic carbocycles. The molecule has 0 aliphatic rings. The molecule has 1 atom stereocenters. The van der Waals surface area contributed by atoms with E-state index < -0.39 is 6.10 Å². The van der Waals surface area contributed by atoms with Gasteiger partial charge in [-0.1, -0.05) is 6.92 Å². The smallest absolute Gasteiger partial charge is 0.123 e. The first-order valence-electron chi connectivity index (χ1n) is 5.40. The highest BCUT2D eigenvalue weighted by Crippen LogP contribution is 2.27. The Morgan fingerprint density at radius 2 is 2.24 bits per heavy atom. The molecule has 0 fully saturated rings. The summed E-state index contributed by atoms with van der Waals surface area (Å²) < 4.78 is 2.60. The summed E-state index contributed by atoms with van der Waals surface area (Å²) in [5.41, 5.74) is 1.46. The number of aromatic nitrogens is 4. The van der Waals surface area contributed by atoms with E-state index in [9.17, 15) is 5.11 Å². The third-order valence-electron chi connectivity index (χ3n) is 2.45. The second kappa shape index (κ2) is 5.37. The van der Waals surface area contributed by atoms with Crippen molar-refractivity contribution in [2.24, 2.45) is 0 Å². The summed E-state index contributed by atoms with van der Waals surface area (Å²) in [6.45, 7) is 2.84. The summed E-state index contributed by atoms with van der Waals surface area (Å²) in [6.07, 6.45) is 5.03. The van der Waals surface area contributed by atoms with E-state index in [2.05, 4.69) is 38.1 Å². The minimum atomic E-state index is -0.742. The van der Waals surface area contributed by atoms with Crippen molar-refractivity contribution in [1.82, 2.24) is 20.0 Å². The van der Waals surface area contributed by atoms with E-state index >= 15 is 0 Å². The average Bonchev–Trinajstić information content (AvgIpc) is 2.71. The van der Waals surface area contributed by atoms with Crippen LogP contribution in [0.2, 0.25) is 0 Å². The maximum atomic E-state index is 10.3. The standard InChI is InChI=1S/C11H13BrN4O/c1-2-5-16-10(9(12)7-15-16)11(17)8-3-4-13-14-6-8/h3-4,6-7,11,17H,2,5H2,1H3. The van der Waals surface area contributed by atoms with E-state index in [1.54, 1.807) is 29.3 Å². The minimum Gasteiger partial charge on any atom is -0.382 e. The van der Waals surface area contributed by atoms with Crippen LogP contribution < -0.4 is 0 Å². The van der Waals surface area contributed by atoms with Crippen molar-refractivity contribution < 1.29 is 5.11 Å². The summed E-state index contributed by atoms with van der Waals surface area (Å²) in [7, 11) is 0. The number of hydrogen-bond acceptors (Lipinski definition) is 4. The third kappa shape index (κ3) is 2.53. The maximum absolute atomic E-state index is 10.3. The van der Waals surface area contributed by atoms with Crippen LogP contribution in [0.15, 0.2) is 29.1 Å². The molecular weight excluding hydrogens is 284 g/mol. The van der Waals surface area contributed by atoms with Crippen molar-refractivity contribution in [3.05, 3.63) is 40.4 Å². The molecule has 2 rings (SSSR count). The van der Waals surface area contributed by atoms with E-state index in [-0.39, 0.29) is 0 Å². The molecule has 17 heavy (non-hydrogen) atoms. The van der Waals surface area contributed by atoms with Gasteiger partial charge >= 0.3 is 0 Å². The lowest BCUT2D eigenvalue weighted by molar-refractivity contribution is 0.206. The average molecular weight is 297 g/mol.